The second kappa shape index (κ2) is 24.4. The monoisotopic (exact) mass is 548 g/mol. The Labute approximate surface area is 247 Å². The predicted octanol–water partition coefficient (Wildman–Crippen LogP) is 12.8. The average Bonchev–Trinajstić information content (AvgIpc) is 2.99. The zero-order valence-corrected chi connectivity index (χ0v) is 26.1. The van der Waals surface area contributed by atoms with E-state index in [2.05, 4.69) is 59.0 Å². The molecule has 2 aromatic carbocycles. The lowest BCUT2D eigenvalue weighted by Crippen LogP contribution is -2.00. The number of azo groups is 1. The van der Waals surface area contributed by atoms with Crippen molar-refractivity contribution in [3.8, 4) is 0 Å². The molecule has 0 saturated heterocycles. The maximum absolute atomic E-state index is 4.42. The molecule has 224 valence electrons. The van der Waals surface area contributed by atoms with Crippen molar-refractivity contribution in [3.05, 3.63) is 48.5 Å². The van der Waals surface area contributed by atoms with Gasteiger partial charge < -0.3 is 10.6 Å². The number of anilines is 2. The molecular formula is C36H60N4. The lowest BCUT2D eigenvalue weighted by atomic mass is 10.1. The van der Waals surface area contributed by atoms with Crippen LogP contribution in [0.15, 0.2) is 58.8 Å². The Kier molecular flexibility index (Phi) is 20.7. The molecule has 0 aliphatic carbocycles. The molecular weight excluding hydrogens is 488 g/mol. The zero-order valence-electron chi connectivity index (χ0n) is 26.1. The molecule has 0 spiro atoms. The third-order valence-electron chi connectivity index (χ3n) is 7.73. The van der Waals surface area contributed by atoms with E-state index in [1.807, 2.05) is 24.3 Å². The first kappa shape index (κ1) is 33.8. The van der Waals surface area contributed by atoms with Crippen LogP contribution >= 0.6 is 0 Å². The van der Waals surface area contributed by atoms with Gasteiger partial charge in [0.05, 0.1) is 11.4 Å². The van der Waals surface area contributed by atoms with Gasteiger partial charge in [0.1, 0.15) is 0 Å². The fourth-order valence-corrected chi connectivity index (χ4v) is 5.10. The Morgan fingerprint density at radius 3 is 0.950 bits per heavy atom. The summed E-state index contributed by atoms with van der Waals surface area (Å²) in [6, 6.07) is 16.5. The summed E-state index contributed by atoms with van der Waals surface area (Å²) in [5.41, 5.74) is 4.08. The number of benzene rings is 2. The van der Waals surface area contributed by atoms with Gasteiger partial charge in [0.2, 0.25) is 0 Å². The quantitative estimate of drug-likeness (QED) is 0.0907. The van der Waals surface area contributed by atoms with Crippen LogP contribution in [0.5, 0.6) is 0 Å². The normalized spacial score (nSPS) is 11.3. The van der Waals surface area contributed by atoms with Gasteiger partial charge in [0, 0.05) is 24.5 Å². The maximum atomic E-state index is 4.42. The highest BCUT2D eigenvalue weighted by atomic mass is 15.1. The minimum absolute atomic E-state index is 0.882. The summed E-state index contributed by atoms with van der Waals surface area (Å²) < 4.78 is 0. The van der Waals surface area contributed by atoms with Crippen LogP contribution in [0.4, 0.5) is 22.7 Å². The van der Waals surface area contributed by atoms with Crippen molar-refractivity contribution >= 4 is 22.7 Å². The highest BCUT2D eigenvalue weighted by Gasteiger charge is 1.98. The SMILES string of the molecule is CCCCCCCCCCCCNc1ccc(N=Nc2ccc(NCCCCCCCCCCCC)cc2)cc1. The van der Waals surface area contributed by atoms with E-state index >= 15 is 0 Å². The summed E-state index contributed by atoms with van der Waals surface area (Å²) in [7, 11) is 0. The summed E-state index contributed by atoms with van der Waals surface area (Å²) in [5.74, 6) is 0. The molecule has 0 aliphatic rings. The molecule has 40 heavy (non-hydrogen) atoms. The molecule has 0 saturated carbocycles. The van der Waals surface area contributed by atoms with E-state index in [1.165, 1.54) is 128 Å². The van der Waals surface area contributed by atoms with E-state index in [0.717, 1.165) is 35.8 Å². The molecule has 2 rings (SSSR count). The topological polar surface area (TPSA) is 48.8 Å². The molecule has 4 nitrogen and oxygen atoms in total. The Bertz CT molecular complexity index is 773. The molecule has 2 N–H and O–H groups in total. The Hall–Kier alpha value is -2.36. The minimum Gasteiger partial charge on any atom is -0.385 e. The van der Waals surface area contributed by atoms with Crippen molar-refractivity contribution in [2.24, 2.45) is 10.2 Å². The van der Waals surface area contributed by atoms with E-state index in [-0.39, 0.29) is 0 Å². The predicted molar refractivity (Wildman–Crippen MR) is 178 cm³/mol. The third-order valence-corrected chi connectivity index (χ3v) is 7.73. The standard InChI is InChI=1S/C36H60N4/c1-3-5-7-9-11-13-15-17-19-21-31-37-33-23-27-35(28-24-33)39-40-36-29-25-34(26-30-36)38-32-22-20-18-16-14-12-10-8-6-4-2/h23-30,37-38H,3-22,31-32H2,1-2H3. The van der Waals surface area contributed by atoms with Crippen LogP contribution in [-0.4, -0.2) is 13.1 Å². The Morgan fingerprint density at radius 2 is 0.650 bits per heavy atom. The molecule has 0 radical (unpaired) electrons. The van der Waals surface area contributed by atoms with Crippen LogP contribution in [0, 0.1) is 0 Å². The van der Waals surface area contributed by atoms with Crippen molar-refractivity contribution in [2.45, 2.75) is 142 Å². The van der Waals surface area contributed by atoms with E-state index in [1.54, 1.807) is 0 Å². The van der Waals surface area contributed by atoms with Gasteiger partial charge in [-0.1, -0.05) is 129 Å². The van der Waals surface area contributed by atoms with Crippen molar-refractivity contribution < 1.29 is 0 Å². The van der Waals surface area contributed by atoms with Gasteiger partial charge in [-0.05, 0) is 61.4 Å². The molecule has 0 unspecified atom stereocenters. The van der Waals surface area contributed by atoms with Crippen LogP contribution in [0.25, 0.3) is 0 Å². The molecule has 0 aromatic heterocycles. The number of nitrogens with one attached hydrogen (secondary N) is 2. The van der Waals surface area contributed by atoms with E-state index in [4.69, 9.17) is 0 Å². The molecule has 4 heteroatoms. The number of nitrogens with zero attached hydrogens (tertiary/aromatic N) is 2. The van der Waals surface area contributed by atoms with Gasteiger partial charge in [0.25, 0.3) is 0 Å². The average molecular weight is 549 g/mol. The highest BCUT2D eigenvalue weighted by molar-refractivity contribution is 5.52. The Morgan fingerprint density at radius 1 is 0.375 bits per heavy atom. The second-order valence-corrected chi connectivity index (χ2v) is 11.5. The zero-order chi connectivity index (χ0) is 28.4. The smallest absolute Gasteiger partial charge is 0.0858 e. The first-order chi connectivity index (χ1) is 19.8. The summed E-state index contributed by atoms with van der Waals surface area (Å²) in [4.78, 5) is 0. The fraction of sp³-hybridized carbons (Fsp3) is 0.667. The van der Waals surface area contributed by atoms with Crippen LogP contribution < -0.4 is 10.6 Å². The third kappa shape index (κ3) is 18.1. The van der Waals surface area contributed by atoms with E-state index in [0.29, 0.717) is 0 Å². The lowest BCUT2D eigenvalue weighted by molar-refractivity contribution is 0.560. The molecule has 0 atom stereocenters. The van der Waals surface area contributed by atoms with E-state index in [9.17, 15) is 0 Å². The van der Waals surface area contributed by atoms with Crippen LogP contribution in [0.2, 0.25) is 0 Å². The molecule has 2 aromatic rings. The van der Waals surface area contributed by atoms with Gasteiger partial charge in [-0.2, -0.15) is 10.2 Å². The number of hydrogen-bond acceptors (Lipinski definition) is 4. The maximum Gasteiger partial charge on any atom is 0.0858 e. The van der Waals surface area contributed by atoms with Crippen molar-refractivity contribution in [1.82, 2.24) is 0 Å². The van der Waals surface area contributed by atoms with Gasteiger partial charge >= 0.3 is 0 Å². The summed E-state index contributed by atoms with van der Waals surface area (Å²) in [5, 5.41) is 15.9. The van der Waals surface area contributed by atoms with Crippen molar-refractivity contribution in [1.29, 1.82) is 0 Å². The van der Waals surface area contributed by atoms with Crippen LogP contribution in [0.3, 0.4) is 0 Å². The lowest BCUT2D eigenvalue weighted by Gasteiger charge is -2.07. The molecule has 0 fully saturated rings. The summed E-state index contributed by atoms with van der Waals surface area (Å²) >= 11 is 0. The largest absolute Gasteiger partial charge is 0.385 e. The molecule has 0 bridgehead atoms. The molecule has 0 amide bonds. The first-order valence-corrected chi connectivity index (χ1v) is 16.9. The number of hydrogen-bond donors (Lipinski definition) is 2. The van der Waals surface area contributed by atoms with E-state index < -0.39 is 0 Å². The summed E-state index contributed by atoms with van der Waals surface area (Å²) in [6.45, 7) is 6.64. The second-order valence-electron chi connectivity index (χ2n) is 11.5. The molecule has 0 heterocycles. The van der Waals surface area contributed by atoms with Gasteiger partial charge in [-0.15, -0.1) is 0 Å². The fourth-order valence-electron chi connectivity index (χ4n) is 5.10. The number of rotatable bonds is 26. The molecule has 0 aliphatic heterocycles. The Balaban J connectivity index is 1.50. The van der Waals surface area contributed by atoms with Crippen LogP contribution in [0.1, 0.15) is 142 Å². The van der Waals surface area contributed by atoms with Gasteiger partial charge in [0.15, 0.2) is 0 Å². The van der Waals surface area contributed by atoms with Crippen LogP contribution in [-0.2, 0) is 0 Å². The van der Waals surface area contributed by atoms with Gasteiger partial charge in [-0.25, -0.2) is 0 Å². The van der Waals surface area contributed by atoms with Crippen molar-refractivity contribution in [3.63, 3.8) is 0 Å². The van der Waals surface area contributed by atoms with Crippen molar-refractivity contribution in [2.75, 3.05) is 23.7 Å². The number of unbranched alkanes of at least 4 members (excludes halogenated alkanes) is 18. The minimum atomic E-state index is 0.882. The highest BCUT2D eigenvalue weighted by Crippen LogP contribution is 2.22. The van der Waals surface area contributed by atoms with Gasteiger partial charge in [-0.3, -0.25) is 0 Å². The first-order valence-electron chi connectivity index (χ1n) is 16.9. The summed E-state index contributed by atoms with van der Waals surface area (Å²) in [6.07, 6.45) is 27.5.